The van der Waals surface area contributed by atoms with Gasteiger partial charge in [0, 0.05) is 24.6 Å². The van der Waals surface area contributed by atoms with Gasteiger partial charge in [0.1, 0.15) is 5.69 Å². The molecule has 0 bridgehead atoms. The Bertz CT molecular complexity index is 854. The van der Waals surface area contributed by atoms with E-state index in [4.69, 9.17) is 0 Å². The summed E-state index contributed by atoms with van der Waals surface area (Å²) >= 11 is 3.46. The third-order valence-electron chi connectivity index (χ3n) is 3.24. The summed E-state index contributed by atoms with van der Waals surface area (Å²) < 4.78 is 0.878. The summed E-state index contributed by atoms with van der Waals surface area (Å²) in [6.07, 6.45) is 1.50. The highest BCUT2D eigenvalue weighted by Gasteiger charge is 2.19. The van der Waals surface area contributed by atoms with Gasteiger partial charge >= 0.3 is 5.69 Å². The minimum absolute atomic E-state index is 0.0656. The van der Waals surface area contributed by atoms with Crippen molar-refractivity contribution in [2.24, 2.45) is 5.10 Å². The Morgan fingerprint density at radius 2 is 1.84 bits per heavy atom. The predicted molar refractivity (Wildman–Crippen MR) is 99.4 cm³/mol. The van der Waals surface area contributed by atoms with Crippen LogP contribution in [0.25, 0.3) is 0 Å². The summed E-state index contributed by atoms with van der Waals surface area (Å²) in [6.45, 7) is 0. The fourth-order valence-corrected chi connectivity index (χ4v) is 2.77. The monoisotopic (exact) mass is 407 g/mol. The number of nitrogens with zero attached hydrogens (tertiary/aromatic N) is 4. The first-order chi connectivity index (χ1) is 11.8. The lowest BCUT2D eigenvalue weighted by atomic mass is 10.2. The number of halogens is 1. The van der Waals surface area contributed by atoms with Crippen molar-refractivity contribution in [1.29, 1.82) is 0 Å². The van der Waals surface area contributed by atoms with Crippen LogP contribution in [0.4, 0.5) is 22.7 Å². The van der Waals surface area contributed by atoms with Gasteiger partial charge in [0.25, 0.3) is 5.69 Å². The lowest BCUT2D eigenvalue weighted by Crippen LogP contribution is -2.09. The van der Waals surface area contributed by atoms with Gasteiger partial charge in [0.05, 0.1) is 27.8 Å². The first-order valence-corrected chi connectivity index (χ1v) is 7.77. The SMILES string of the molecule is CN(C)c1ccc(/C=N\Nc2ccc([N+](=O)[O-])cc2[N+](=O)[O-])cc1Br. The average molecular weight is 408 g/mol. The van der Waals surface area contributed by atoms with Crippen LogP contribution in [-0.2, 0) is 0 Å². The van der Waals surface area contributed by atoms with Crippen LogP contribution in [0.2, 0.25) is 0 Å². The highest BCUT2D eigenvalue weighted by molar-refractivity contribution is 9.10. The van der Waals surface area contributed by atoms with Crippen molar-refractivity contribution in [3.63, 3.8) is 0 Å². The molecule has 10 heteroatoms. The second kappa shape index (κ2) is 7.71. The first-order valence-electron chi connectivity index (χ1n) is 6.98. The quantitative estimate of drug-likeness (QED) is 0.442. The Balaban J connectivity index is 2.20. The second-order valence-electron chi connectivity index (χ2n) is 5.19. The summed E-state index contributed by atoms with van der Waals surface area (Å²) in [7, 11) is 3.84. The molecule has 0 aliphatic carbocycles. The van der Waals surface area contributed by atoms with E-state index >= 15 is 0 Å². The van der Waals surface area contributed by atoms with Gasteiger partial charge in [-0.3, -0.25) is 25.7 Å². The Labute approximate surface area is 151 Å². The number of non-ortho nitro benzene ring substituents is 1. The highest BCUT2D eigenvalue weighted by atomic mass is 79.9. The Hall–Kier alpha value is -3.01. The Morgan fingerprint density at radius 1 is 1.12 bits per heavy atom. The van der Waals surface area contributed by atoms with E-state index in [0.717, 1.165) is 21.8 Å². The number of benzene rings is 2. The van der Waals surface area contributed by atoms with Crippen molar-refractivity contribution < 1.29 is 9.85 Å². The van der Waals surface area contributed by atoms with E-state index in [1.165, 1.54) is 18.3 Å². The number of hydrogen-bond donors (Lipinski definition) is 1. The normalized spacial score (nSPS) is 10.7. The standard InChI is InChI=1S/C15H14BrN5O4/c1-19(2)14-6-3-10(7-12(14)16)9-17-18-13-5-4-11(20(22)23)8-15(13)21(24)25/h3-9,18H,1-2H3/b17-9-. The maximum Gasteiger partial charge on any atom is 0.301 e. The van der Waals surface area contributed by atoms with Crippen molar-refractivity contribution in [2.75, 3.05) is 24.4 Å². The van der Waals surface area contributed by atoms with Crippen LogP contribution < -0.4 is 10.3 Å². The Morgan fingerprint density at radius 3 is 2.40 bits per heavy atom. The average Bonchev–Trinajstić information content (AvgIpc) is 2.54. The van der Waals surface area contributed by atoms with Gasteiger partial charge in [-0.2, -0.15) is 5.10 Å². The van der Waals surface area contributed by atoms with Crippen molar-refractivity contribution >= 4 is 44.9 Å². The molecule has 0 radical (unpaired) electrons. The van der Waals surface area contributed by atoms with Crippen LogP contribution in [0.5, 0.6) is 0 Å². The smallest absolute Gasteiger partial charge is 0.301 e. The molecule has 0 unspecified atom stereocenters. The molecule has 130 valence electrons. The molecule has 0 amide bonds. The third kappa shape index (κ3) is 4.51. The predicted octanol–water partition coefficient (Wildman–Crippen LogP) is 3.78. The zero-order chi connectivity index (χ0) is 18.6. The molecular weight excluding hydrogens is 394 g/mol. The number of nitrogens with one attached hydrogen (secondary N) is 1. The summed E-state index contributed by atoms with van der Waals surface area (Å²) in [6, 6.07) is 8.91. The van der Waals surface area contributed by atoms with Crippen molar-refractivity contribution in [2.45, 2.75) is 0 Å². The van der Waals surface area contributed by atoms with Crippen LogP contribution >= 0.6 is 15.9 Å². The molecule has 0 atom stereocenters. The highest BCUT2D eigenvalue weighted by Crippen LogP contribution is 2.29. The van der Waals surface area contributed by atoms with Crippen LogP contribution in [-0.4, -0.2) is 30.2 Å². The summed E-state index contributed by atoms with van der Waals surface area (Å²) in [5.41, 5.74) is 3.60. The molecule has 0 saturated carbocycles. The van der Waals surface area contributed by atoms with Crippen molar-refractivity contribution in [1.82, 2.24) is 0 Å². The lowest BCUT2D eigenvalue weighted by molar-refractivity contribution is -0.393. The minimum atomic E-state index is -0.701. The van der Waals surface area contributed by atoms with Gasteiger partial charge in [-0.15, -0.1) is 0 Å². The van der Waals surface area contributed by atoms with Crippen LogP contribution in [0.15, 0.2) is 46.0 Å². The first kappa shape index (κ1) is 18.3. The fourth-order valence-electron chi connectivity index (χ4n) is 2.02. The van der Waals surface area contributed by atoms with Gasteiger partial charge in [-0.05, 0) is 39.7 Å². The molecule has 2 aromatic rings. The molecule has 0 aliphatic heterocycles. The molecule has 0 heterocycles. The zero-order valence-electron chi connectivity index (χ0n) is 13.3. The zero-order valence-corrected chi connectivity index (χ0v) is 14.9. The van der Waals surface area contributed by atoms with E-state index in [9.17, 15) is 20.2 Å². The summed E-state index contributed by atoms with van der Waals surface area (Å²) in [5, 5.41) is 25.7. The van der Waals surface area contributed by atoms with Crippen LogP contribution in [0.1, 0.15) is 5.56 Å². The number of hydrogen-bond acceptors (Lipinski definition) is 7. The van der Waals surface area contributed by atoms with Gasteiger partial charge in [0.15, 0.2) is 0 Å². The molecule has 2 aromatic carbocycles. The van der Waals surface area contributed by atoms with Gasteiger partial charge in [-0.25, -0.2) is 0 Å². The fraction of sp³-hybridized carbons (Fsp3) is 0.133. The molecule has 25 heavy (non-hydrogen) atoms. The molecule has 0 fully saturated rings. The molecule has 0 aromatic heterocycles. The number of anilines is 2. The van der Waals surface area contributed by atoms with Gasteiger partial charge in [-0.1, -0.05) is 6.07 Å². The molecule has 9 nitrogen and oxygen atoms in total. The van der Waals surface area contributed by atoms with Crippen molar-refractivity contribution in [3.05, 3.63) is 66.7 Å². The number of hydrazone groups is 1. The van der Waals surface area contributed by atoms with Gasteiger partial charge < -0.3 is 4.90 Å². The minimum Gasteiger partial charge on any atom is -0.377 e. The number of nitro groups is 2. The molecule has 0 saturated heterocycles. The molecule has 0 spiro atoms. The molecular formula is C15H14BrN5O4. The van der Waals surface area contributed by atoms with E-state index in [1.807, 2.05) is 37.2 Å². The van der Waals surface area contributed by atoms with Crippen LogP contribution in [0, 0.1) is 20.2 Å². The van der Waals surface area contributed by atoms with E-state index in [-0.39, 0.29) is 11.4 Å². The summed E-state index contributed by atoms with van der Waals surface area (Å²) in [5.74, 6) is 0. The lowest BCUT2D eigenvalue weighted by Gasteiger charge is -2.14. The van der Waals surface area contributed by atoms with E-state index in [2.05, 4.69) is 26.5 Å². The van der Waals surface area contributed by atoms with Crippen LogP contribution in [0.3, 0.4) is 0 Å². The third-order valence-corrected chi connectivity index (χ3v) is 3.88. The van der Waals surface area contributed by atoms with E-state index in [1.54, 1.807) is 0 Å². The molecule has 1 N–H and O–H groups in total. The maximum atomic E-state index is 11.1. The molecule has 2 rings (SSSR count). The van der Waals surface area contributed by atoms with E-state index in [0.29, 0.717) is 0 Å². The van der Waals surface area contributed by atoms with Crippen molar-refractivity contribution in [3.8, 4) is 0 Å². The topological polar surface area (TPSA) is 114 Å². The summed E-state index contributed by atoms with van der Waals surface area (Å²) in [4.78, 5) is 22.3. The second-order valence-corrected chi connectivity index (χ2v) is 6.05. The molecule has 0 aliphatic rings. The number of rotatable bonds is 6. The van der Waals surface area contributed by atoms with Gasteiger partial charge in [0.2, 0.25) is 0 Å². The Kier molecular flexibility index (Phi) is 5.65. The maximum absolute atomic E-state index is 11.1. The van der Waals surface area contributed by atoms with E-state index < -0.39 is 15.5 Å². The largest absolute Gasteiger partial charge is 0.377 e. The number of nitro benzene ring substituents is 2.